The van der Waals surface area contributed by atoms with Crippen molar-refractivity contribution in [3.8, 4) is 0 Å². The predicted octanol–water partition coefficient (Wildman–Crippen LogP) is 4.20. The zero-order valence-electron chi connectivity index (χ0n) is 14.5. The summed E-state index contributed by atoms with van der Waals surface area (Å²) in [6, 6.07) is 9.51. The third-order valence-corrected chi connectivity index (χ3v) is 4.41. The van der Waals surface area contributed by atoms with Gasteiger partial charge in [-0.3, -0.25) is 4.79 Å². The lowest BCUT2D eigenvalue weighted by molar-refractivity contribution is -0.143. The van der Waals surface area contributed by atoms with Crippen molar-refractivity contribution in [1.29, 1.82) is 0 Å². The maximum Gasteiger partial charge on any atom is 0.322 e. The molecule has 0 spiro atoms. The number of esters is 1. The SMILES string of the molecule is CCOC(=O)CCN(C(=O)Nc1ccccc1)C1CCCCCC1. The molecule has 1 aromatic carbocycles. The van der Waals surface area contributed by atoms with Gasteiger partial charge in [0, 0.05) is 18.3 Å². The van der Waals surface area contributed by atoms with Crippen molar-refractivity contribution in [3.05, 3.63) is 30.3 Å². The van der Waals surface area contributed by atoms with Crippen LogP contribution in [0.2, 0.25) is 0 Å². The maximum absolute atomic E-state index is 12.8. The minimum absolute atomic E-state index is 0.127. The van der Waals surface area contributed by atoms with Crippen molar-refractivity contribution in [3.63, 3.8) is 0 Å². The van der Waals surface area contributed by atoms with Gasteiger partial charge in [0.2, 0.25) is 0 Å². The van der Waals surface area contributed by atoms with E-state index in [4.69, 9.17) is 4.74 Å². The van der Waals surface area contributed by atoms with E-state index in [1.807, 2.05) is 35.2 Å². The molecule has 1 aliphatic rings. The molecule has 5 nitrogen and oxygen atoms in total. The van der Waals surface area contributed by atoms with Crippen LogP contribution in [0.25, 0.3) is 0 Å². The first-order valence-electron chi connectivity index (χ1n) is 8.99. The molecule has 0 aliphatic heterocycles. The lowest BCUT2D eigenvalue weighted by Gasteiger charge is -2.31. The Labute approximate surface area is 144 Å². The number of benzene rings is 1. The number of hydrogen-bond donors (Lipinski definition) is 1. The molecular formula is C19H28N2O3. The molecule has 0 radical (unpaired) electrons. The summed E-state index contributed by atoms with van der Waals surface area (Å²) in [6.07, 6.45) is 6.98. The summed E-state index contributed by atoms with van der Waals surface area (Å²) in [6.45, 7) is 2.57. The number of urea groups is 1. The zero-order chi connectivity index (χ0) is 17.2. The molecule has 0 unspecified atom stereocenters. The van der Waals surface area contributed by atoms with Crippen molar-refractivity contribution < 1.29 is 14.3 Å². The average Bonchev–Trinajstić information content (AvgIpc) is 2.85. The third-order valence-electron chi connectivity index (χ3n) is 4.41. The highest BCUT2D eigenvalue weighted by Gasteiger charge is 2.25. The molecule has 1 fully saturated rings. The normalized spacial score (nSPS) is 15.4. The van der Waals surface area contributed by atoms with Crippen LogP contribution in [0.3, 0.4) is 0 Å². The van der Waals surface area contributed by atoms with Crippen LogP contribution >= 0.6 is 0 Å². The first-order valence-corrected chi connectivity index (χ1v) is 8.99. The first kappa shape index (κ1) is 18.3. The van der Waals surface area contributed by atoms with Gasteiger partial charge in [-0.2, -0.15) is 0 Å². The second kappa shape index (κ2) is 9.96. The Morgan fingerprint density at radius 1 is 1.12 bits per heavy atom. The summed E-state index contributed by atoms with van der Waals surface area (Å²) in [7, 11) is 0. The van der Waals surface area contributed by atoms with Crippen molar-refractivity contribution in [2.45, 2.75) is 57.9 Å². The van der Waals surface area contributed by atoms with Crippen LogP contribution in [0.5, 0.6) is 0 Å². The number of amides is 2. The molecule has 0 aromatic heterocycles. The number of carbonyl (C=O) groups is 2. The molecule has 5 heteroatoms. The molecule has 2 amide bonds. The Balaban J connectivity index is 2.02. The van der Waals surface area contributed by atoms with Gasteiger partial charge in [0.1, 0.15) is 0 Å². The van der Waals surface area contributed by atoms with Gasteiger partial charge in [-0.25, -0.2) is 4.79 Å². The van der Waals surface area contributed by atoms with Crippen molar-refractivity contribution in [2.24, 2.45) is 0 Å². The van der Waals surface area contributed by atoms with Crippen LogP contribution in [0, 0.1) is 0 Å². The molecule has 1 aliphatic carbocycles. The minimum Gasteiger partial charge on any atom is -0.466 e. The highest BCUT2D eigenvalue weighted by molar-refractivity contribution is 5.89. The van der Waals surface area contributed by atoms with Gasteiger partial charge in [0.05, 0.1) is 13.0 Å². The standard InChI is InChI=1S/C19H28N2O3/c1-2-24-18(22)14-15-21(17-12-8-3-4-9-13-17)19(23)20-16-10-6-5-7-11-16/h5-7,10-11,17H,2-4,8-9,12-15H2,1H3,(H,20,23). The Hall–Kier alpha value is -2.04. The molecule has 1 saturated carbocycles. The van der Waals surface area contributed by atoms with E-state index in [2.05, 4.69) is 5.32 Å². The van der Waals surface area contributed by atoms with Crippen LogP contribution in [0.1, 0.15) is 51.9 Å². The van der Waals surface area contributed by atoms with Crippen LogP contribution in [0.4, 0.5) is 10.5 Å². The summed E-state index contributed by atoms with van der Waals surface area (Å²) in [5.41, 5.74) is 0.775. The number of nitrogens with zero attached hydrogens (tertiary/aromatic N) is 1. The molecule has 1 aromatic rings. The quantitative estimate of drug-likeness (QED) is 0.627. The fraction of sp³-hybridized carbons (Fsp3) is 0.579. The second-order valence-corrected chi connectivity index (χ2v) is 6.19. The van der Waals surface area contributed by atoms with Gasteiger partial charge in [-0.15, -0.1) is 0 Å². The predicted molar refractivity (Wildman–Crippen MR) is 94.9 cm³/mol. The Bertz CT molecular complexity index is 511. The van der Waals surface area contributed by atoms with E-state index in [0.717, 1.165) is 31.4 Å². The molecule has 2 rings (SSSR count). The number of rotatable bonds is 6. The maximum atomic E-state index is 12.8. The topological polar surface area (TPSA) is 58.6 Å². The Morgan fingerprint density at radius 3 is 2.42 bits per heavy atom. The number of para-hydroxylation sites is 1. The van der Waals surface area contributed by atoms with Crippen molar-refractivity contribution >= 4 is 17.7 Å². The average molecular weight is 332 g/mol. The summed E-state index contributed by atoms with van der Waals surface area (Å²) in [4.78, 5) is 26.3. The lowest BCUT2D eigenvalue weighted by Crippen LogP contribution is -2.44. The fourth-order valence-corrected chi connectivity index (χ4v) is 3.18. The number of carbonyl (C=O) groups excluding carboxylic acids is 2. The molecule has 24 heavy (non-hydrogen) atoms. The van der Waals surface area contributed by atoms with E-state index in [1.165, 1.54) is 12.8 Å². The highest BCUT2D eigenvalue weighted by atomic mass is 16.5. The monoisotopic (exact) mass is 332 g/mol. The first-order chi connectivity index (χ1) is 11.7. The van der Waals surface area contributed by atoms with Gasteiger partial charge in [0.25, 0.3) is 0 Å². The number of anilines is 1. The van der Waals surface area contributed by atoms with Gasteiger partial charge in [0.15, 0.2) is 0 Å². The van der Waals surface area contributed by atoms with Gasteiger partial charge < -0.3 is 15.0 Å². The van der Waals surface area contributed by atoms with Gasteiger partial charge >= 0.3 is 12.0 Å². The summed E-state index contributed by atoms with van der Waals surface area (Å²) in [5.74, 6) is -0.247. The third kappa shape index (κ3) is 5.87. The molecule has 1 N–H and O–H groups in total. The molecule has 132 valence electrons. The molecule has 0 atom stereocenters. The van der Waals surface area contributed by atoms with Gasteiger partial charge in [-0.1, -0.05) is 43.9 Å². The van der Waals surface area contributed by atoms with Crippen LogP contribution in [0.15, 0.2) is 30.3 Å². The van der Waals surface area contributed by atoms with Crippen LogP contribution in [-0.4, -0.2) is 36.1 Å². The van der Waals surface area contributed by atoms with Crippen LogP contribution in [-0.2, 0) is 9.53 Å². The molecule has 0 heterocycles. The lowest BCUT2D eigenvalue weighted by atomic mass is 10.1. The van der Waals surface area contributed by atoms with E-state index >= 15 is 0 Å². The summed E-state index contributed by atoms with van der Waals surface area (Å²) >= 11 is 0. The molecule has 0 saturated heterocycles. The molecular weight excluding hydrogens is 304 g/mol. The highest BCUT2D eigenvalue weighted by Crippen LogP contribution is 2.23. The zero-order valence-corrected chi connectivity index (χ0v) is 14.5. The number of nitrogens with one attached hydrogen (secondary N) is 1. The van der Waals surface area contributed by atoms with Crippen LogP contribution < -0.4 is 5.32 Å². The Morgan fingerprint density at radius 2 is 1.79 bits per heavy atom. The summed E-state index contributed by atoms with van der Waals surface area (Å²) in [5, 5.41) is 2.95. The number of ether oxygens (including phenoxy) is 1. The largest absolute Gasteiger partial charge is 0.466 e. The van der Waals surface area contributed by atoms with Crippen molar-refractivity contribution in [1.82, 2.24) is 4.90 Å². The fourth-order valence-electron chi connectivity index (χ4n) is 3.18. The minimum atomic E-state index is -0.247. The van der Waals surface area contributed by atoms with E-state index in [1.54, 1.807) is 6.92 Å². The Kier molecular flexibility index (Phi) is 7.59. The van der Waals surface area contributed by atoms with E-state index in [0.29, 0.717) is 13.2 Å². The second-order valence-electron chi connectivity index (χ2n) is 6.19. The van der Waals surface area contributed by atoms with E-state index in [-0.39, 0.29) is 24.5 Å². The van der Waals surface area contributed by atoms with E-state index in [9.17, 15) is 9.59 Å². The molecule has 0 bridgehead atoms. The number of hydrogen-bond acceptors (Lipinski definition) is 3. The summed E-state index contributed by atoms with van der Waals surface area (Å²) < 4.78 is 5.01. The van der Waals surface area contributed by atoms with E-state index < -0.39 is 0 Å². The van der Waals surface area contributed by atoms with Gasteiger partial charge in [-0.05, 0) is 31.9 Å². The smallest absolute Gasteiger partial charge is 0.322 e. The van der Waals surface area contributed by atoms with Crippen molar-refractivity contribution in [2.75, 3.05) is 18.5 Å².